The number of hydrogen-bond acceptors (Lipinski definition) is 1. The van der Waals surface area contributed by atoms with Crippen LogP contribution in [-0.2, 0) is 4.74 Å². The van der Waals surface area contributed by atoms with Gasteiger partial charge in [0.2, 0.25) is 0 Å². The van der Waals surface area contributed by atoms with Crippen LogP contribution in [0.3, 0.4) is 0 Å². The van der Waals surface area contributed by atoms with Crippen molar-refractivity contribution in [2.75, 3.05) is 20.7 Å². The number of nitrogens with one attached hydrogen (secondary N) is 1. The van der Waals surface area contributed by atoms with Gasteiger partial charge in [0, 0.05) is 6.42 Å². The molecule has 1 fully saturated rings. The molecule has 0 aromatic carbocycles. The van der Waals surface area contributed by atoms with E-state index >= 15 is 0 Å². The van der Waals surface area contributed by atoms with Crippen LogP contribution in [0.4, 0.5) is 0 Å². The highest BCUT2D eigenvalue weighted by Crippen LogP contribution is 2.31. The summed E-state index contributed by atoms with van der Waals surface area (Å²) >= 11 is 0. The van der Waals surface area contributed by atoms with Gasteiger partial charge < -0.3 is 22.0 Å². The van der Waals surface area contributed by atoms with Crippen molar-refractivity contribution in [3.05, 3.63) is 0 Å². The zero-order valence-electron chi connectivity index (χ0n) is 15.6. The van der Waals surface area contributed by atoms with Crippen LogP contribution in [0.25, 0.3) is 0 Å². The molecule has 2 nitrogen and oxygen atoms in total. The van der Waals surface area contributed by atoms with E-state index in [0.717, 1.165) is 6.61 Å². The second kappa shape index (κ2) is 12.6. The highest BCUT2D eigenvalue weighted by molar-refractivity contribution is 4.94. The molecule has 1 heterocycles. The zero-order chi connectivity index (χ0) is 15.6. The maximum atomic E-state index is 5.65. The third-order valence-corrected chi connectivity index (χ3v) is 5.13. The molecule has 22 heavy (non-hydrogen) atoms. The van der Waals surface area contributed by atoms with Gasteiger partial charge in [-0.3, -0.25) is 0 Å². The lowest BCUT2D eigenvalue weighted by atomic mass is 9.95. The second-order valence-electron chi connectivity index (χ2n) is 7.56. The Bertz CT molecular complexity index is 254. The van der Waals surface area contributed by atoms with Gasteiger partial charge in [0.1, 0.15) is 11.6 Å². The predicted octanol–water partition coefficient (Wildman–Crippen LogP) is 0.994. The van der Waals surface area contributed by atoms with Gasteiger partial charge in [0.15, 0.2) is 0 Å². The fourth-order valence-electron chi connectivity index (χ4n) is 3.53. The van der Waals surface area contributed by atoms with Gasteiger partial charge in [0.25, 0.3) is 0 Å². The van der Waals surface area contributed by atoms with Crippen molar-refractivity contribution in [3.8, 4) is 0 Å². The van der Waals surface area contributed by atoms with Crippen molar-refractivity contribution < 1.29 is 22.0 Å². The molecule has 3 heteroatoms. The summed E-state index contributed by atoms with van der Waals surface area (Å²) in [4.78, 5) is 1.56. The summed E-state index contributed by atoms with van der Waals surface area (Å²) in [5.74, 6) is 0. The quantitative estimate of drug-likeness (QED) is 0.370. The average Bonchev–Trinajstić information content (AvgIpc) is 3.18. The molecule has 0 radical (unpaired) electrons. The Morgan fingerprint density at radius 3 is 1.64 bits per heavy atom. The SMILES string of the molecule is CCCCCCCCCCCCCC([NH+](C)C)C1(C)CO1.[Cl-]. The molecule has 1 rings (SSSR count). The molecule has 1 aliphatic heterocycles. The molecule has 0 bridgehead atoms. The molecule has 0 amide bonds. The van der Waals surface area contributed by atoms with E-state index in [9.17, 15) is 0 Å². The van der Waals surface area contributed by atoms with Crippen LogP contribution in [0, 0.1) is 0 Å². The van der Waals surface area contributed by atoms with E-state index in [1.807, 2.05) is 0 Å². The fraction of sp³-hybridized carbons (Fsp3) is 1.00. The smallest absolute Gasteiger partial charge is 0.140 e. The summed E-state index contributed by atoms with van der Waals surface area (Å²) in [6, 6.07) is 0.691. The monoisotopic (exact) mass is 333 g/mol. The fourth-order valence-corrected chi connectivity index (χ4v) is 3.53. The molecule has 0 spiro atoms. The van der Waals surface area contributed by atoms with Gasteiger partial charge in [-0.15, -0.1) is 0 Å². The molecule has 1 aliphatic rings. The summed E-state index contributed by atoms with van der Waals surface area (Å²) in [5.41, 5.74) is 0.192. The predicted molar refractivity (Wildman–Crippen MR) is 92.0 cm³/mol. The Labute approximate surface area is 145 Å². The van der Waals surface area contributed by atoms with Gasteiger partial charge in [-0.2, -0.15) is 0 Å². The zero-order valence-corrected chi connectivity index (χ0v) is 16.3. The molecule has 0 aromatic heterocycles. The number of hydrogen-bond donors (Lipinski definition) is 1. The number of rotatable bonds is 14. The van der Waals surface area contributed by atoms with E-state index in [0.29, 0.717) is 6.04 Å². The molecule has 0 saturated carbocycles. The highest BCUT2D eigenvalue weighted by atomic mass is 35.5. The summed E-state index contributed by atoms with van der Waals surface area (Å²) in [7, 11) is 4.55. The van der Waals surface area contributed by atoms with E-state index in [2.05, 4.69) is 27.9 Å². The Morgan fingerprint density at radius 2 is 1.27 bits per heavy atom. The van der Waals surface area contributed by atoms with Crippen molar-refractivity contribution in [2.24, 2.45) is 0 Å². The van der Waals surface area contributed by atoms with Crippen LogP contribution in [0.1, 0.15) is 90.9 Å². The normalized spacial score (nSPS) is 21.7. The molecule has 2 atom stereocenters. The molecule has 0 aliphatic carbocycles. The van der Waals surface area contributed by atoms with E-state index in [4.69, 9.17) is 4.74 Å². The van der Waals surface area contributed by atoms with E-state index < -0.39 is 0 Å². The minimum atomic E-state index is 0. The van der Waals surface area contributed by atoms with Crippen LogP contribution in [0.2, 0.25) is 0 Å². The lowest BCUT2D eigenvalue weighted by Crippen LogP contribution is -3.11. The first-order valence-corrected chi connectivity index (χ1v) is 9.54. The first-order chi connectivity index (χ1) is 10.1. The van der Waals surface area contributed by atoms with E-state index in [1.54, 1.807) is 4.90 Å². The first-order valence-electron chi connectivity index (χ1n) is 9.54. The van der Waals surface area contributed by atoms with Gasteiger partial charge in [-0.1, -0.05) is 71.1 Å². The van der Waals surface area contributed by atoms with Gasteiger partial charge >= 0.3 is 0 Å². The Hall–Kier alpha value is 0.210. The number of epoxide rings is 1. The molecule has 134 valence electrons. The Balaban J connectivity index is 0.00000441. The average molecular weight is 334 g/mol. The summed E-state index contributed by atoms with van der Waals surface area (Å²) in [5, 5.41) is 0. The van der Waals surface area contributed by atoms with Crippen LogP contribution >= 0.6 is 0 Å². The van der Waals surface area contributed by atoms with Crippen molar-refractivity contribution in [3.63, 3.8) is 0 Å². The molecule has 0 aromatic rings. The Kier molecular flexibility index (Phi) is 12.7. The number of ether oxygens (including phenoxy) is 1. The largest absolute Gasteiger partial charge is 1.00 e. The van der Waals surface area contributed by atoms with Crippen molar-refractivity contribution >= 4 is 0 Å². The molecule has 2 unspecified atom stereocenters. The minimum absolute atomic E-state index is 0. The third kappa shape index (κ3) is 9.37. The minimum Gasteiger partial charge on any atom is -1.00 e. The highest BCUT2D eigenvalue weighted by Gasteiger charge is 2.50. The number of likely N-dealkylation sites (N-methyl/N-ethyl adjacent to an activating group) is 1. The van der Waals surface area contributed by atoms with Gasteiger partial charge in [-0.05, 0) is 13.3 Å². The molecule has 1 N–H and O–H groups in total. The van der Waals surface area contributed by atoms with E-state index in [-0.39, 0.29) is 18.0 Å². The number of quaternary nitrogens is 1. The van der Waals surface area contributed by atoms with Crippen LogP contribution in [0.5, 0.6) is 0 Å². The maximum Gasteiger partial charge on any atom is 0.140 e. The molecular formula is C19H40ClNO. The van der Waals surface area contributed by atoms with Gasteiger partial charge in [-0.25, -0.2) is 0 Å². The Morgan fingerprint density at radius 1 is 0.864 bits per heavy atom. The molecule has 1 saturated heterocycles. The van der Waals surface area contributed by atoms with Crippen molar-refractivity contribution in [1.82, 2.24) is 0 Å². The number of halogens is 1. The topological polar surface area (TPSA) is 17.0 Å². The van der Waals surface area contributed by atoms with Crippen LogP contribution < -0.4 is 17.3 Å². The second-order valence-corrected chi connectivity index (χ2v) is 7.56. The summed E-state index contributed by atoms with van der Waals surface area (Å²) < 4.78 is 5.65. The van der Waals surface area contributed by atoms with Crippen molar-refractivity contribution in [2.45, 2.75) is 103 Å². The standard InChI is InChI=1S/C19H39NO.ClH/c1-5-6-7-8-9-10-11-12-13-14-15-16-18(20(3)4)19(2)17-21-19;/h18H,5-17H2,1-4H3;1H. The van der Waals surface area contributed by atoms with Crippen LogP contribution in [-0.4, -0.2) is 32.3 Å². The lowest BCUT2D eigenvalue weighted by Gasteiger charge is -2.24. The summed E-state index contributed by atoms with van der Waals surface area (Å²) in [6.07, 6.45) is 17.1. The van der Waals surface area contributed by atoms with Gasteiger partial charge in [0.05, 0.1) is 20.7 Å². The maximum absolute atomic E-state index is 5.65. The van der Waals surface area contributed by atoms with E-state index in [1.165, 1.54) is 77.0 Å². The lowest BCUT2D eigenvalue weighted by molar-refractivity contribution is -0.890. The summed E-state index contributed by atoms with van der Waals surface area (Å²) in [6.45, 7) is 5.54. The number of unbranched alkanes of at least 4 members (excludes halogenated alkanes) is 10. The van der Waals surface area contributed by atoms with Crippen molar-refractivity contribution in [1.29, 1.82) is 0 Å². The third-order valence-electron chi connectivity index (χ3n) is 5.13. The molecular weight excluding hydrogens is 294 g/mol. The first kappa shape index (κ1) is 22.2. The van der Waals surface area contributed by atoms with Crippen LogP contribution in [0.15, 0.2) is 0 Å².